The molecular formula is C16H22N4S. The van der Waals surface area contributed by atoms with Gasteiger partial charge in [-0.15, -0.1) is 11.8 Å². The first-order chi connectivity index (χ1) is 9.91. The number of rotatable bonds is 4. The van der Waals surface area contributed by atoms with Crippen molar-refractivity contribution in [1.82, 2.24) is 9.97 Å². The largest absolute Gasteiger partial charge is 0.308 e. The fourth-order valence-electron chi connectivity index (χ4n) is 1.84. The van der Waals surface area contributed by atoms with Gasteiger partial charge < -0.3 is 5.43 Å². The van der Waals surface area contributed by atoms with E-state index in [-0.39, 0.29) is 5.41 Å². The average Bonchev–Trinajstić information content (AvgIpc) is 2.46. The first-order valence-corrected chi connectivity index (χ1v) is 7.93. The quantitative estimate of drug-likeness (QED) is 0.390. The van der Waals surface area contributed by atoms with Crippen LogP contribution in [0.1, 0.15) is 37.7 Å². The molecule has 0 bridgehead atoms. The summed E-state index contributed by atoms with van der Waals surface area (Å²) < 4.78 is 0. The van der Waals surface area contributed by atoms with E-state index >= 15 is 0 Å². The summed E-state index contributed by atoms with van der Waals surface area (Å²) in [6.07, 6.45) is 0. The fraction of sp³-hybridized carbons (Fsp3) is 0.375. The predicted molar refractivity (Wildman–Crippen MR) is 89.3 cm³/mol. The summed E-state index contributed by atoms with van der Waals surface area (Å²) in [4.78, 5) is 9.24. The van der Waals surface area contributed by atoms with Gasteiger partial charge in [-0.05, 0) is 12.5 Å². The van der Waals surface area contributed by atoms with Crippen molar-refractivity contribution in [3.05, 3.63) is 47.3 Å². The van der Waals surface area contributed by atoms with Crippen LogP contribution in [0.4, 0.5) is 5.82 Å². The van der Waals surface area contributed by atoms with E-state index in [1.807, 2.05) is 13.0 Å². The van der Waals surface area contributed by atoms with E-state index < -0.39 is 0 Å². The first kappa shape index (κ1) is 15.8. The van der Waals surface area contributed by atoms with Crippen molar-refractivity contribution < 1.29 is 0 Å². The molecule has 0 amide bonds. The predicted octanol–water partition coefficient (Wildman–Crippen LogP) is 3.66. The molecule has 1 heterocycles. The highest BCUT2D eigenvalue weighted by atomic mass is 32.2. The van der Waals surface area contributed by atoms with Gasteiger partial charge in [0.15, 0.2) is 0 Å². The average molecular weight is 302 g/mol. The third-order valence-electron chi connectivity index (χ3n) is 3.13. The summed E-state index contributed by atoms with van der Waals surface area (Å²) in [5.41, 5.74) is 4.84. The number of nitrogens with one attached hydrogen (secondary N) is 1. The van der Waals surface area contributed by atoms with E-state index in [1.165, 1.54) is 5.56 Å². The molecule has 0 aliphatic carbocycles. The molecule has 21 heavy (non-hydrogen) atoms. The number of hydrogen-bond acceptors (Lipinski definition) is 5. The number of nitrogens with zero attached hydrogens (tertiary/aromatic N) is 2. The minimum Gasteiger partial charge on any atom is -0.308 e. The molecule has 0 saturated carbocycles. The van der Waals surface area contributed by atoms with Crippen molar-refractivity contribution in [2.24, 2.45) is 5.84 Å². The molecule has 0 saturated heterocycles. The number of nitrogens with two attached hydrogens (primary N) is 1. The number of hydrazine groups is 1. The van der Waals surface area contributed by atoms with Gasteiger partial charge in [-0.1, -0.05) is 51.1 Å². The van der Waals surface area contributed by atoms with Crippen LogP contribution in [0, 0.1) is 6.92 Å². The smallest absolute Gasteiger partial charge is 0.147 e. The molecule has 0 atom stereocenters. The maximum atomic E-state index is 5.59. The van der Waals surface area contributed by atoms with Crippen LogP contribution in [0.15, 0.2) is 35.4 Å². The van der Waals surface area contributed by atoms with Crippen molar-refractivity contribution >= 4 is 17.6 Å². The van der Waals surface area contributed by atoms with Crippen LogP contribution >= 0.6 is 11.8 Å². The van der Waals surface area contributed by atoms with Crippen molar-refractivity contribution in [2.45, 2.75) is 43.9 Å². The van der Waals surface area contributed by atoms with Gasteiger partial charge in [-0.2, -0.15) is 0 Å². The fourth-order valence-corrected chi connectivity index (χ4v) is 2.80. The van der Waals surface area contributed by atoms with E-state index in [1.54, 1.807) is 11.8 Å². The Bertz CT molecular complexity index is 606. The molecule has 2 rings (SSSR count). The topological polar surface area (TPSA) is 63.8 Å². The second-order valence-electron chi connectivity index (χ2n) is 5.99. The van der Waals surface area contributed by atoms with Crippen LogP contribution in [-0.4, -0.2) is 9.97 Å². The zero-order valence-electron chi connectivity index (χ0n) is 13.0. The lowest BCUT2D eigenvalue weighted by atomic mass is 9.95. The highest BCUT2D eigenvalue weighted by molar-refractivity contribution is 7.98. The van der Waals surface area contributed by atoms with Crippen LogP contribution in [0.25, 0.3) is 0 Å². The summed E-state index contributed by atoms with van der Waals surface area (Å²) in [5, 5.41) is 0.978. The van der Waals surface area contributed by atoms with Crippen molar-refractivity contribution in [3.63, 3.8) is 0 Å². The summed E-state index contributed by atoms with van der Waals surface area (Å²) in [6.45, 7) is 8.30. The molecule has 1 aromatic carbocycles. The Kier molecular flexibility index (Phi) is 4.85. The minimum atomic E-state index is -0.110. The minimum absolute atomic E-state index is 0.110. The zero-order valence-corrected chi connectivity index (χ0v) is 13.8. The number of aromatic nitrogens is 2. The maximum Gasteiger partial charge on any atom is 0.147 e. The number of hydrogen-bond donors (Lipinski definition) is 2. The third kappa shape index (κ3) is 3.95. The second kappa shape index (κ2) is 6.45. The molecule has 0 radical (unpaired) electrons. The lowest BCUT2D eigenvalue weighted by Crippen LogP contribution is -2.20. The van der Waals surface area contributed by atoms with E-state index in [2.05, 4.69) is 55.4 Å². The van der Waals surface area contributed by atoms with Gasteiger partial charge in [-0.3, -0.25) is 0 Å². The maximum absolute atomic E-state index is 5.59. The highest BCUT2D eigenvalue weighted by Crippen LogP contribution is 2.30. The molecule has 1 aromatic heterocycles. The standard InChI is InChI=1S/C16H22N4S/c1-11-13(20-17)18-15(16(2,3)4)19-14(11)21-10-12-8-6-5-7-9-12/h5-9H,10,17H2,1-4H3,(H,18,19,20). The Morgan fingerprint density at radius 3 is 2.38 bits per heavy atom. The molecule has 112 valence electrons. The first-order valence-electron chi connectivity index (χ1n) is 6.94. The molecule has 0 unspecified atom stereocenters. The van der Waals surface area contributed by atoms with Crippen LogP contribution in [0.3, 0.4) is 0 Å². The van der Waals surface area contributed by atoms with E-state index in [9.17, 15) is 0 Å². The molecule has 0 aliphatic heterocycles. The summed E-state index contributed by atoms with van der Waals surface area (Å²) >= 11 is 1.71. The normalized spacial score (nSPS) is 11.5. The van der Waals surface area contributed by atoms with Crippen LogP contribution < -0.4 is 11.3 Å². The van der Waals surface area contributed by atoms with Gasteiger partial charge in [0.1, 0.15) is 16.7 Å². The van der Waals surface area contributed by atoms with Gasteiger partial charge in [-0.25, -0.2) is 15.8 Å². The Balaban J connectivity index is 2.29. The van der Waals surface area contributed by atoms with Crippen LogP contribution in [0.5, 0.6) is 0 Å². The molecule has 0 spiro atoms. The lowest BCUT2D eigenvalue weighted by Gasteiger charge is -2.20. The van der Waals surface area contributed by atoms with E-state index in [0.717, 1.165) is 22.2 Å². The monoisotopic (exact) mass is 302 g/mol. The number of nitrogen functional groups attached to an aromatic ring is 1. The molecule has 2 aromatic rings. The molecular weight excluding hydrogens is 280 g/mol. The molecule has 4 nitrogen and oxygen atoms in total. The Labute approximate surface area is 130 Å². The van der Waals surface area contributed by atoms with Crippen molar-refractivity contribution in [1.29, 1.82) is 0 Å². The van der Waals surface area contributed by atoms with E-state index in [0.29, 0.717) is 5.82 Å². The summed E-state index contributed by atoms with van der Waals surface area (Å²) in [5.74, 6) is 7.97. The number of anilines is 1. The van der Waals surface area contributed by atoms with Gasteiger partial charge in [0.05, 0.1) is 0 Å². The van der Waals surface area contributed by atoms with Crippen LogP contribution in [0.2, 0.25) is 0 Å². The molecule has 0 fully saturated rings. The molecule has 0 aliphatic rings. The van der Waals surface area contributed by atoms with Gasteiger partial charge >= 0.3 is 0 Å². The van der Waals surface area contributed by atoms with Crippen LogP contribution in [-0.2, 0) is 11.2 Å². The zero-order chi connectivity index (χ0) is 15.5. The van der Waals surface area contributed by atoms with Gasteiger partial charge in [0.25, 0.3) is 0 Å². The molecule has 3 N–H and O–H groups in total. The van der Waals surface area contributed by atoms with Gasteiger partial charge in [0, 0.05) is 16.7 Å². The Hall–Kier alpha value is -1.59. The summed E-state index contributed by atoms with van der Waals surface area (Å²) in [7, 11) is 0. The number of thioether (sulfide) groups is 1. The SMILES string of the molecule is Cc1c(NN)nc(C(C)(C)C)nc1SCc1ccccc1. The third-order valence-corrected chi connectivity index (χ3v) is 4.28. The second-order valence-corrected chi connectivity index (χ2v) is 6.96. The molecule has 5 heteroatoms. The Morgan fingerprint density at radius 1 is 1.14 bits per heavy atom. The summed E-state index contributed by atoms with van der Waals surface area (Å²) in [6, 6.07) is 10.4. The highest BCUT2D eigenvalue weighted by Gasteiger charge is 2.21. The van der Waals surface area contributed by atoms with E-state index in [4.69, 9.17) is 10.8 Å². The Morgan fingerprint density at radius 2 is 1.81 bits per heavy atom. The lowest BCUT2D eigenvalue weighted by molar-refractivity contribution is 0.538. The van der Waals surface area contributed by atoms with Crippen molar-refractivity contribution in [2.75, 3.05) is 5.43 Å². The number of benzene rings is 1. The van der Waals surface area contributed by atoms with Gasteiger partial charge in [0.2, 0.25) is 0 Å². The van der Waals surface area contributed by atoms with Crippen molar-refractivity contribution in [3.8, 4) is 0 Å².